The molecule has 0 aliphatic heterocycles. The molecule has 2 unspecified atom stereocenters. The highest BCUT2D eigenvalue weighted by atomic mass is 31.2. The van der Waals surface area contributed by atoms with Crippen LogP contribution in [0.2, 0.25) is 0 Å². The molecule has 516 valence electrons. The summed E-state index contributed by atoms with van der Waals surface area (Å²) >= 11 is 0. The monoisotopic (exact) mass is 1280 g/mol. The van der Waals surface area contributed by atoms with Gasteiger partial charge in [0.15, 0.2) is 6.10 Å². The zero-order chi connectivity index (χ0) is 65.8. The van der Waals surface area contributed by atoms with Gasteiger partial charge in [-0.3, -0.25) is 18.6 Å². The van der Waals surface area contributed by atoms with E-state index in [-0.39, 0.29) is 38.6 Å². The van der Waals surface area contributed by atoms with Crippen LogP contribution in [0.15, 0.2) is 170 Å². The van der Waals surface area contributed by atoms with Gasteiger partial charge in [0.2, 0.25) is 0 Å². The first kappa shape index (κ1) is 86.4. The number of hydrogen-bond acceptors (Lipinski definition) is 8. The minimum Gasteiger partial charge on any atom is -0.462 e. The van der Waals surface area contributed by atoms with Gasteiger partial charge in [0.25, 0.3) is 0 Å². The van der Waals surface area contributed by atoms with Crippen molar-refractivity contribution in [3.05, 3.63) is 170 Å². The smallest absolute Gasteiger partial charge is 0.462 e. The highest BCUT2D eigenvalue weighted by molar-refractivity contribution is 7.47. The van der Waals surface area contributed by atoms with Crippen molar-refractivity contribution >= 4 is 19.8 Å². The molecule has 0 rings (SSSR count). The fourth-order valence-corrected chi connectivity index (χ4v) is 10.5. The lowest BCUT2D eigenvalue weighted by atomic mass is 10.0. The fourth-order valence-electron chi connectivity index (χ4n) is 9.78. The number of carbonyl (C=O) groups excluding carboxylic acids is 2. The van der Waals surface area contributed by atoms with Gasteiger partial charge in [-0.2, -0.15) is 0 Å². The van der Waals surface area contributed by atoms with Gasteiger partial charge in [0.1, 0.15) is 6.61 Å². The van der Waals surface area contributed by atoms with Crippen LogP contribution in [0.5, 0.6) is 0 Å². The van der Waals surface area contributed by atoms with Crippen molar-refractivity contribution in [2.75, 3.05) is 26.4 Å². The summed E-state index contributed by atoms with van der Waals surface area (Å²) in [5, 5.41) is 0. The topological polar surface area (TPSA) is 134 Å². The summed E-state index contributed by atoms with van der Waals surface area (Å²) in [4.78, 5) is 35.4. The molecular weight excluding hydrogens is 1150 g/mol. The molecule has 0 aromatic heterocycles. The summed E-state index contributed by atoms with van der Waals surface area (Å²) in [6.45, 7) is 3.50. The Morgan fingerprint density at radius 2 is 0.571 bits per heavy atom. The lowest BCUT2D eigenvalue weighted by Crippen LogP contribution is -2.29. The number of esters is 2. The Morgan fingerprint density at radius 1 is 0.330 bits per heavy atom. The molecule has 0 radical (unpaired) electrons. The van der Waals surface area contributed by atoms with Gasteiger partial charge in [-0.25, -0.2) is 4.57 Å². The second-order valence-corrected chi connectivity index (χ2v) is 25.1. The molecule has 0 amide bonds. The largest absolute Gasteiger partial charge is 0.472 e. The molecule has 0 fully saturated rings. The third kappa shape index (κ3) is 74.3. The Bertz CT molecular complexity index is 2100. The van der Waals surface area contributed by atoms with Gasteiger partial charge in [0, 0.05) is 19.4 Å². The van der Waals surface area contributed by atoms with E-state index in [1.807, 2.05) is 0 Å². The third-order valence-corrected chi connectivity index (χ3v) is 16.1. The second-order valence-electron chi connectivity index (χ2n) is 23.7. The maximum atomic E-state index is 12.8. The molecule has 3 N–H and O–H groups in total. The molecule has 0 heterocycles. The predicted molar refractivity (Wildman–Crippen MR) is 394 cm³/mol. The van der Waals surface area contributed by atoms with E-state index in [9.17, 15) is 19.0 Å². The highest BCUT2D eigenvalue weighted by Crippen LogP contribution is 2.43. The molecule has 0 aliphatic carbocycles. The minimum atomic E-state index is -4.41. The van der Waals surface area contributed by atoms with E-state index in [1.54, 1.807) is 0 Å². The second kappa shape index (κ2) is 74.4. The number of rotatable bonds is 67. The van der Waals surface area contributed by atoms with Crippen molar-refractivity contribution in [3.8, 4) is 0 Å². The van der Waals surface area contributed by atoms with Crippen molar-refractivity contribution in [1.82, 2.24) is 0 Å². The Labute approximate surface area is 559 Å². The first-order valence-corrected chi connectivity index (χ1v) is 38.1. The first-order valence-electron chi connectivity index (χ1n) is 36.6. The maximum absolute atomic E-state index is 12.8. The minimum absolute atomic E-state index is 0.0428. The lowest BCUT2D eigenvalue weighted by Gasteiger charge is -2.19. The maximum Gasteiger partial charge on any atom is 0.472 e. The normalized spacial score (nSPS) is 13.9. The Kier molecular flexibility index (Phi) is 70.6. The summed E-state index contributed by atoms with van der Waals surface area (Å²) in [6.07, 6.45) is 110. The van der Waals surface area contributed by atoms with Crippen LogP contribution in [0.3, 0.4) is 0 Å². The van der Waals surface area contributed by atoms with E-state index in [0.29, 0.717) is 6.42 Å². The van der Waals surface area contributed by atoms with Gasteiger partial charge in [-0.05, 0) is 128 Å². The molecule has 91 heavy (non-hydrogen) atoms. The van der Waals surface area contributed by atoms with Gasteiger partial charge in [-0.1, -0.05) is 325 Å². The quantitative estimate of drug-likeness (QED) is 0.0264. The first-order chi connectivity index (χ1) is 44.8. The van der Waals surface area contributed by atoms with Crippen molar-refractivity contribution in [2.24, 2.45) is 5.73 Å². The number of nitrogens with two attached hydrogens (primary N) is 1. The van der Waals surface area contributed by atoms with Crippen LogP contribution in [0.1, 0.15) is 296 Å². The number of hydrogen-bond donors (Lipinski definition) is 2. The summed E-state index contributed by atoms with van der Waals surface area (Å²) in [5.41, 5.74) is 5.40. The molecule has 0 spiro atoms. The number of phosphoric acid groups is 1. The number of ether oxygens (including phenoxy) is 2. The van der Waals surface area contributed by atoms with Crippen LogP contribution < -0.4 is 5.73 Å². The number of unbranched alkanes of at least 4 members (excludes halogenated alkanes) is 26. The van der Waals surface area contributed by atoms with Gasteiger partial charge in [0.05, 0.1) is 13.2 Å². The molecule has 0 aliphatic rings. The van der Waals surface area contributed by atoms with Crippen LogP contribution in [0.25, 0.3) is 0 Å². The number of phosphoric ester groups is 1. The van der Waals surface area contributed by atoms with E-state index in [2.05, 4.69) is 184 Å². The summed E-state index contributed by atoms with van der Waals surface area (Å²) in [7, 11) is -4.41. The SMILES string of the molecule is CC/C=C\C/C=C\C/C=C\C/C=C\C/C=C\C/C=C\C/C=C\C/C=C\C/C=C\CCCCCCCC(=O)OC(COC(=O)CCCCCCCCCCCCCCCCCCCCCCC/C=C\C/C=C\C/C=C\C/C=C\C/C=C\CC)COP(=O)(O)OCCN. The van der Waals surface area contributed by atoms with Crippen LogP contribution in [0.4, 0.5) is 0 Å². The van der Waals surface area contributed by atoms with Crippen molar-refractivity contribution < 1.29 is 37.6 Å². The molecule has 9 nitrogen and oxygen atoms in total. The third-order valence-electron chi connectivity index (χ3n) is 15.1. The Balaban J connectivity index is 3.93. The van der Waals surface area contributed by atoms with Gasteiger partial charge >= 0.3 is 19.8 Å². The van der Waals surface area contributed by atoms with Crippen molar-refractivity contribution in [3.63, 3.8) is 0 Å². The van der Waals surface area contributed by atoms with E-state index in [0.717, 1.165) is 141 Å². The average molecular weight is 1280 g/mol. The summed E-state index contributed by atoms with van der Waals surface area (Å²) in [5.74, 6) is -0.852. The van der Waals surface area contributed by atoms with E-state index in [4.69, 9.17) is 24.3 Å². The molecular formula is C81H134NO8P. The van der Waals surface area contributed by atoms with E-state index in [1.165, 1.54) is 122 Å². The predicted octanol–water partition coefficient (Wildman–Crippen LogP) is 24.5. The molecule has 0 aromatic carbocycles. The van der Waals surface area contributed by atoms with Crippen LogP contribution in [-0.4, -0.2) is 49.3 Å². The summed E-state index contributed by atoms with van der Waals surface area (Å²) < 4.78 is 33.2. The van der Waals surface area contributed by atoms with Gasteiger partial charge in [-0.15, -0.1) is 0 Å². The number of carbonyl (C=O) groups is 2. The molecule has 0 saturated heterocycles. The fraction of sp³-hybridized carbons (Fsp3) is 0.630. The zero-order valence-corrected chi connectivity index (χ0v) is 58.9. The highest BCUT2D eigenvalue weighted by Gasteiger charge is 2.26. The molecule has 0 saturated carbocycles. The lowest BCUT2D eigenvalue weighted by molar-refractivity contribution is -0.161. The molecule has 0 bridgehead atoms. The van der Waals surface area contributed by atoms with E-state index >= 15 is 0 Å². The molecule has 10 heteroatoms. The molecule has 0 aromatic rings. The van der Waals surface area contributed by atoms with E-state index < -0.39 is 26.5 Å². The van der Waals surface area contributed by atoms with Crippen molar-refractivity contribution in [2.45, 2.75) is 302 Å². The Hall–Kier alpha value is -4.63. The summed E-state index contributed by atoms with van der Waals surface area (Å²) in [6, 6.07) is 0. The van der Waals surface area contributed by atoms with Crippen LogP contribution >= 0.6 is 7.82 Å². The number of allylic oxidation sites excluding steroid dienone is 28. The zero-order valence-electron chi connectivity index (χ0n) is 58.0. The molecule has 2 atom stereocenters. The Morgan fingerprint density at radius 3 is 0.846 bits per heavy atom. The van der Waals surface area contributed by atoms with Crippen molar-refractivity contribution in [1.29, 1.82) is 0 Å². The van der Waals surface area contributed by atoms with Gasteiger partial charge < -0.3 is 20.1 Å². The average Bonchev–Trinajstić information content (AvgIpc) is 3.74. The van der Waals surface area contributed by atoms with Crippen LogP contribution in [-0.2, 0) is 32.7 Å². The van der Waals surface area contributed by atoms with Crippen LogP contribution in [0, 0.1) is 0 Å². The standard InChI is InChI=1S/C81H134NO8P/c1-3-5-7-9-11-13-15-17-19-21-23-25-27-29-31-33-35-37-38-39-40-42-43-45-47-49-51-53-55-57-59-61-63-65-67-69-71-73-80(83)87-77-79(78-89-91(85,86)88-76-75-82)90-81(84)74-72-70-68-66-64-62-60-58-56-54-52-50-48-46-44-41-36-34-32-30-28-26-24-22-20-18-16-14-12-10-8-6-4-2/h5-8,11-14,17-20,23-26,29-32,36,41,46,48,52,54,58,60,79H,3-4,9-10,15-16,21-22,27-28,33-35,37-40,42-45,47,49-51,53,55-57,59,61-78,82H2,1-2H3,(H,85,86)/b7-5-,8-6-,13-11-,14-12-,19-17-,20-18-,25-23-,26-24-,31-29-,32-30-,41-36-,48-46-,54-52-,60-58-.